The number of halogens is 1. The third-order valence-electron chi connectivity index (χ3n) is 3.14. The molecule has 0 aromatic heterocycles. The molecule has 1 N–H and O–H groups in total. The Morgan fingerprint density at radius 2 is 1.90 bits per heavy atom. The van der Waals surface area contributed by atoms with E-state index in [1.165, 1.54) is 12.1 Å². The fraction of sp³-hybridized carbons (Fsp3) is 0.188. The maximum absolute atomic E-state index is 13.0. The first-order valence-electron chi connectivity index (χ1n) is 6.39. The van der Waals surface area contributed by atoms with Crippen molar-refractivity contribution in [1.82, 2.24) is 0 Å². The van der Waals surface area contributed by atoms with Crippen molar-refractivity contribution in [2.75, 3.05) is 23.8 Å². The predicted octanol–water partition coefficient (Wildman–Crippen LogP) is 3.21. The first-order valence-corrected chi connectivity index (χ1v) is 6.39. The van der Waals surface area contributed by atoms with Gasteiger partial charge < -0.3 is 10.2 Å². The summed E-state index contributed by atoms with van der Waals surface area (Å²) in [6.07, 6.45) is 0. The van der Waals surface area contributed by atoms with Crippen LogP contribution in [0.1, 0.15) is 5.56 Å². The van der Waals surface area contributed by atoms with Crippen LogP contribution in [0.25, 0.3) is 0 Å². The van der Waals surface area contributed by atoms with Crippen LogP contribution < -0.4 is 10.2 Å². The molecular formula is C16H17FN2O. The number of aryl methyl sites for hydroxylation is 1. The van der Waals surface area contributed by atoms with Gasteiger partial charge in [0.1, 0.15) is 5.82 Å². The highest BCUT2D eigenvalue weighted by Gasteiger charge is 2.10. The van der Waals surface area contributed by atoms with Crippen molar-refractivity contribution in [3.63, 3.8) is 0 Å². The third kappa shape index (κ3) is 3.35. The number of carbonyl (C=O) groups is 1. The van der Waals surface area contributed by atoms with E-state index < -0.39 is 0 Å². The summed E-state index contributed by atoms with van der Waals surface area (Å²) in [4.78, 5) is 13.7. The number of para-hydroxylation sites is 1. The van der Waals surface area contributed by atoms with Gasteiger partial charge in [0.2, 0.25) is 5.91 Å². The smallest absolute Gasteiger partial charge is 0.246 e. The number of rotatable bonds is 4. The summed E-state index contributed by atoms with van der Waals surface area (Å²) in [6.45, 7) is 1.97. The minimum atomic E-state index is -0.277. The number of hydrogen-bond donors (Lipinski definition) is 1. The summed E-state index contributed by atoms with van der Waals surface area (Å²) in [5.41, 5.74) is 2.39. The van der Waals surface area contributed by atoms with Crippen molar-refractivity contribution in [3.8, 4) is 0 Å². The molecule has 4 heteroatoms. The van der Waals surface area contributed by atoms with Crippen LogP contribution >= 0.6 is 0 Å². The molecule has 104 valence electrons. The van der Waals surface area contributed by atoms with Gasteiger partial charge in [0, 0.05) is 18.4 Å². The molecule has 1 amide bonds. The van der Waals surface area contributed by atoms with E-state index in [0.717, 1.165) is 16.9 Å². The molecule has 3 nitrogen and oxygen atoms in total. The average molecular weight is 272 g/mol. The molecule has 0 bridgehead atoms. The van der Waals surface area contributed by atoms with Gasteiger partial charge in [-0.3, -0.25) is 4.79 Å². The van der Waals surface area contributed by atoms with Gasteiger partial charge >= 0.3 is 0 Å². The maximum atomic E-state index is 13.0. The number of anilines is 2. The predicted molar refractivity (Wildman–Crippen MR) is 79.5 cm³/mol. The van der Waals surface area contributed by atoms with Gasteiger partial charge in [-0.05, 0) is 42.8 Å². The second kappa shape index (κ2) is 6.19. The molecule has 0 aliphatic heterocycles. The molecule has 2 aromatic rings. The van der Waals surface area contributed by atoms with Gasteiger partial charge in [0.15, 0.2) is 0 Å². The van der Waals surface area contributed by atoms with Gasteiger partial charge in [-0.15, -0.1) is 0 Å². The fourth-order valence-corrected chi connectivity index (χ4v) is 1.91. The number of nitrogens with one attached hydrogen (secondary N) is 1. The average Bonchev–Trinajstić information content (AvgIpc) is 2.46. The van der Waals surface area contributed by atoms with Crippen LogP contribution in [0, 0.1) is 12.7 Å². The van der Waals surface area contributed by atoms with Crippen molar-refractivity contribution in [1.29, 1.82) is 0 Å². The summed E-state index contributed by atoms with van der Waals surface area (Å²) in [5.74, 6) is -0.333. The zero-order chi connectivity index (χ0) is 14.5. The monoisotopic (exact) mass is 272 g/mol. The molecule has 0 unspecified atom stereocenters. The van der Waals surface area contributed by atoms with Crippen molar-refractivity contribution in [3.05, 3.63) is 59.9 Å². The highest BCUT2D eigenvalue weighted by atomic mass is 19.1. The molecule has 0 aliphatic rings. The first-order chi connectivity index (χ1) is 9.58. The highest BCUT2D eigenvalue weighted by Crippen LogP contribution is 2.16. The van der Waals surface area contributed by atoms with Crippen LogP contribution in [-0.2, 0) is 4.79 Å². The molecule has 0 aliphatic carbocycles. The molecule has 2 aromatic carbocycles. The van der Waals surface area contributed by atoms with E-state index in [-0.39, 0.29) is 18.3 Å². The molecule has 0 saturated carbocycles. The molecule has 20 heavy (non-hydrogen) atoms. The number of carbonyl (C=O) groups excluding carboxylic acids is 1. The summed E-state index contributed by atoms with van der Waals surface area (Å²) >= 11 is 0. The van der Waals surface area contributed by atoms with Gasteiger partial charge in [-0.1, -0.05) is 18.2 Å². The molecule has 0 radical (unpaired) electrons. The molecular weight excluding hydrogens is 255 g/mol. The van der Waals surface area contributed by atoms with Gasteiger partial charge in [-0.25, -0.2) is 4.39 Å². The largest absolute Gasteiger partial charge is 0.376 e. The normalized spacial score (nSPS) is 10.2. The maximum Gasteiger partial charge on any atom is 0.246 e. The Labute approximate surface area is 118 Å². The number of nitrogens with zero attached hydrogens (tertiary/aromatic N) is 1. The number of hydrogen-bond acceptors (Lipinski definition) is 2. The Morgan fingerprint density at radius 3 is 2.55 bits per heavy atom. The van der Waals surface area contributed by atoms with Gasteiger partial charge in [0.05, 0.1) is 6.54 Å². The molecule has 0 atom stereocenters. The second-order valence-electron chi connectivity index (χ2n) is 4.60. The van der Waals surface area contributed by atoms with Gasteiger partial charge in [0.25, 0.3) is 0 Å². The lowest BCUT2D eigenvalue weighted by Crippen LogP contribution is -2.32. The van der Waals surface area contributed by atoms with Gasteiger partial charge in [-0.2, -0.15) is 0 Å². The molecule has 0 fully saturated rings. The van der Waals surface area contributed by atoms with Crippen LogP contribution in [-0.4, -0.2) is 19.5 Å². The minimum Gasteiger partial charge on any atom is -0.376 e. The van der Waals surface area contributed by atoms with E-state index in [4.69, 9.17) is 0 Å². The Balaban J connectivity index is 1.98. The van der Waals surface area contributed by atoms with E-state index in [1.807, 2.05) is 30.3 Å². The summed E-state index contributed by atoms with van der Waals surface area (Å²) in [5, 5.41) is 3.03. The van der Waals surface area contributed by atoms with Crippen molar-refractivity contribution in [2.45, 2.75) is 6.92 Å². The van der Waals surface area contributed by atoms with E-state index >= 15 is 0 Å². The Morgan fingerprint density at radius 1 is 1.20 bits per heavy atom. The van der Waals surface area contributed by atoms with Crippen molar-refractivity contribution in [2.24, 2.45) is 0 Å². The lowest BCUT2D eigenvalue weighted by Gasteiger charge is -2.18. The summed E-state index contributed by atoms with van der Waals surface area (Å²) in [6, 6.07) is 13.9. The Hall–Kier alpha value is -2.36. The topological polar surface area (TPSA) is 32.3 Å². The van der Waals surface area contributed by atoms with Crippen LogP contribution in [0.4, 0.5) is 15.8 Å². The molecule has 0 saturated heterocycles. The molecule has 0 spiro atoms. The van der Waals surface area contributed by atoms with Crippen molar-refractivity contribution >= 4 is 17.3 Å². The molecule has 0 heterocycles. The van der Waals surface area contributed by atoms with E-state index in [9.17, 15) is 9.18 Å². The van der Waals surface area contributed by atoms with Crippen LogP contribution in [0.2, 0.25) is 0 Å². The van der Waals surface area contributed by atoms with Crippen molar-refractivity contribution < 1.29 is 9.18 Å². The second-order valence-corrected chi connectivity index (χ2v) is 4.60. The van der Waals surface area contributed by atoms with E-state index in [2.05, 4.69) is 5.32 Å². The summed E-state index contributed by atoms with van der Waals surface area (Å²) < 4.78 is 13.0. The zero-order valence-electron chi connectivity index (χ0n) is 11.6. The zero-order valence-corrected chi connectivity index (χ0v) is 11.6. The quantitative estimate of drug-likeness (QED) is 0.927. The summed E-state index contributed by atoms with van der Waals surface area (Å²) in [7, 11) is 1.73. The number of benzene rings is 2. The van der Waals surface area contributed by atoms with Crippen LogP contribution in [0.3, 0.4) is 0 Å². The van der Waals surface area contributed by atoms with Crippen LogP contribution in [0.5, 0.6) is 0 Å². The highest BCUT2D eigenvalue weighted by molar-refractivity contribution is 5.95. The van der Waals surface area contributed by atoms with E-state index in [0.29, 0.717) is 0 Å². The lowest BCUT2D eigenvalue weighted by molar-refractivity contribution is -0.116. The SMILES string of the molecule is Cc1cc(F)ccc1NCC(=O)N(C)c1ccccc1. The number of amides is 1. The standard InChI is InChI=1S/C16H17FN2O/c1-12-10-13(17)8-9-15(12)18-11-16(20)19(2)14-6-4-3-5-7-14/h3-10,18H,11H2,1-2H3. The third-order valence-corrected chi connectivity index (χ3v) is 3.14. The minimum absolute atomic E-state index is 0.0556. The first kappa shape index (κ1) is 14.1. The fourth-order valence-electron chi connectivity index (χ4n) is 1.91. The number of likely N-dealkylation sites (N-methyl/N-ethyl adjacent to an activating group) is 1. The Kier molecular flexibility index (Phi) is 4.35. The Bertz CT molecular complexity index is 599. The lowest BCUT2D eigenvalue weighted by atomic mass is 10.2. The molecule has 2 rings (SSSR count). The van der Waals surface area contributed by atoms with Crippen LogP contribution in [0.15, 0.2) is 48.5 Å². The van der Waals surface area contributed by atoms with E-state index in [1.54, 1.807) is 24.9 Å².